The van der Waals surface area contributed by atoms with Gasteiger partial charge >= 0.3 is 0 Å². The Labute approximate surface area is 161 Å². The summed E-state index contributed by atoms with van der Waals surface area (Å²) in [4.78, 5) is 7.07. The number of likely N-dealkylation sites (N-methyl/N-ethyl adjacent to an activating group) is 1. The van der Waals surface area contributed by atoms with E-state index in [0.29, 0.717) is 12.0 Å². The van der Waals surface area contributed by atoms with Crippen molar-refractivity contribution in [2.75, 3.05) is 45.9 Å². The van der Waals surface area contributed by atoms with Gasteiger partial charge in [0.1, 0.15) is 0 Å². The highest BCUT2D eigenvalue weighted by atomic mass is 127. The lowest BCUT2D eigenvalue weighted by molar-refractivity contribution is 0.0266. The minimum absolute atomic E-state index is 0. The molecule has 1 unspecified atom stereocenters. The molecular formula is C17H39IN4O. The standard InChI is InChI=1S/C17H38N4O.HI/c1-7-18-17(20-13-14-21(8-2)9-3)19-12-11-16(15(5)6)22-10-4;/h15-16H,7-14H2,1-6H3,(H2,18,19,20);1H. The van der Waals surface area contributed by atoms with Gasteiger partial charge in [-0.2, -0.15) is 0 Å². The Bertz CT molecular complexity index is 284. The molecule has 0 aromatic rings. The monoisotopic (exact) mass is 442 g/mol. The number of nitrogens with zero attached hydrogens (tertiary/aromatic N) is 2. The van der Waals surface area contributed by atoms with Crippen LogP contribution in [0.3, 0.4) is 0 Å². The van der Waals surface area contributed by atoms with Crippen molar-refractivity contribution in [2.45, 2.75) is 54.1 Å². The average molecular weight is 442 g/mol. The van der Waals surface area contributed by atoms with Gasteiger partial charge in [0, 0.05) is 32.8 Å². The molecule has 0 rings (SSSR count). The van der Waals surface area contributed by atoms with Crippen LogP contribution >= 0.6 is 24.0 Å². The highest BCUT2D eigenvalue weighted by molar-refractivity contribution is 14.0. The first-order chi connectivity index (χ1) is 10.6. The van der Waals surface area contributed by atoms with E-state index < -0.39 is 0 Å². The van der Waals surface area contributed by atoms with E-state index in [0.717, 1.165) is 58.3 Å². The van der Waals surface area contributed by atoms with Gasteiger partial charge in [0.05, 0.1) is 6.10 Å². The Hall–Kier alpha value is -0.0800. The van der Waals surface area contributed by atoms with Crippen molar-refractivity contribution in [2.24, 2.45) is 10.9 Å². The second kappa shape index (κ2) is 16.8. The third-order valence-electron chi connectivity index (χ3n) is 3.77. The Morgan fingerprint density at radius 1 is 1.09 bits per heavy atom. The number of halogens is 1. The van der Waals surface area contributed by atoms with Crippen LogP contribution in [0.5, 0.6) is 0 Å². The van der Waals surface area contributed by atoms with Crippen LogP contribution in [0.15, 0.2) is 4.99 Å². The molecule has 23 heavy (non-hydrogen) atoms. The zero-order valence-corrected chi connectivity index (χ0v) is 18.4. The predicted octanol–water partition coefficient (Wildman–Crippen LogP) is 2.95. The summed E-state index contributed by atoms with van der Waals surface area (Å²) in [6, 6.07) is 0. The Morgan fingerprint density at radius 3 is 2.22 bits per heavy atom. The summed E-state index contributed by atoms with van der Waals surface area (Å²) in [5.74, 6) is 1.45. The molecule has 0 bridgehead atoms. The number of ether oxygens (including phenoxy) is 1. The lowest BCUT2D eigenvalue weighted by Gasteiger charge is -2.21. The molecule has 0 saturated heterocycles. The zero-order valence-electron chi connectivity index (χ0n) is 16.0. The molecule has 0 heterocycles. The topological polar surface area (TPSA) is 48.9 Å². The minimum atomic E-state index is 0. The van der Waals surface area contributed by atoms with Gasteiger partial charge in [-0.15, -0.1) is 24.0 Å². The third kappa shape index (κ3) is 12.9. The van der Waals surface area contributed by atoms with Crippen molar-refractivity contribution in [3.63, 3.8) is 0 Å². The van der Waals surface area contributed by atoms with Gasteiger partial charge in [-0.25, -0.2) is 0 Å². The lowest BCUT2D eigenvalue weighted by Crippen LogP contribution is -2.41. The molecule has 0 amide bonds. The average Bonchev–Trinajstić information content (AvgIpc) is 2.50. The van der Waals surface area contributed by atoms with Crippen molar-refractivity contribution in [1.82, 2.24) is 15.5 Å². The summed E-state index contributed by atoms with van der Waals surface area (Å²) < 4.78 is 5.77. The SMILES string of the molecule is CCNC(=NCCC(OCC)C(C)C)NCCN(CC)CC.I. The number of rotatable bonds is 12. The Morgan fingerprint density at radius 2 is 1.74 bits per heavy atom. The molecule has 0 aromatic heterocycles. The van der Waals surface area contributed by atoms with Crippen LogP contribution in [0, 0.1) is 5.92 Å². The maximum Gasteiger partial charge on any atom is 0.191 e. The van der Waals surface area contributed by atoms with E-state index in [9.17, 15) is 0 Å². The number of hydrogen-bond acceptors (Lipinski definition) is 3. The molecule has 0 aliphatic carbocycles. The fourth-order valence-corrected chi connectivity index (χ4v) is 2.34. The van der Waals surface area contributed by atoms with Crippen LogP contribution in [0.25, 0.3) is 0 Å². The van der Waals surface area contributed by atoms with E-state index in [2.05, 4.69) is 62.1 Å². The van der Waals surface area contributed by atoms with E-state index >= 15 is 0 Å². The van der Waals surface area contributed by atoms with Crippen molar-refractivity contribution >= 4 is 29.9 Å². The van der Waals surface area contributed by atoms with Crippen LogP contribution in [0.1, 0.15) is 48.0 Å². The second-order valence-electron chi connectivity index (χ2n) is 5.74. The van der Waals surface area contributed by atoms with Crippen molar-refractivity contribution in [1.29, 1.82) is 0 Å². The smallest absolute Gasteiger partial charge is 0.191 e. The van der Waals surface area contributed by atoms with E-state index in [1.165, 1.54) is 0 Å². The third-order valence-corrected chi connectivity index (χ3v) is 3.77. The van der Waals surface area contributed by atoms with Crippen molar-refractivity contribution < 1.29 is 4.74 Å². The van der Waals surface area contributed by atoms with Crippen LogP contribution in [-0.2, 0) is 4.74 Å². The van der Waals surface area contributed by atoms with Gasteiger partial charge < -0.3 is 20.3 Å². The number of guanidine groups is 1. The zero-order chi connectivity index (χ0) is 16.8. The first kappa shape index (κ1) is 25.2. The first-order valence-corrected chi connectivity index (χ1v) is 8.94. The molecule has 0 aromatic carbocycles. The highest BCUT2D eigenvalue weighted by Crippen LogP contribution is 2.10. The van der Waals surface area contributed by atoms with E-state index in [4.69, 9.17) is 4.74 Å². The molecular weight excluding hydrogens is 403 g/mol. The second-order valence-corrected chi connectivity index (χ2v) is 5.74. The van der Waals surface area contributed by atoms with Crippen LogP contribution < -0.4 is 10.6 Å². The van der Waals surface area contributed by atoms with Crippen LogP contribution in [0.4, 0.5) is 0 Å². The number of aliphatic imine (C=N–C) groups is 1. The predicted molar refractivity (Wildman–Crippen MR) is 112 cm³/mol. The molecule has 140 valence electrons. The number of nitrogens with one attached hydrogen (secondary N) is 2. The van der Waals surface area contributed by atoms with Crippen LogP contribution in [-0.4, -0.2) is 62.8 Å². The minimum Gasteiger partial charge on any atom is -0.378 e. The summed E-state index contributed by atoms with van der Waals surface area (Å²) in [6.45, 7) is 19.6. The van der Waals surface area contributed by atoms with Crippen LogP contribution in [0.2, 0.25) is 0 Å². The maximum atomic E-state index is 5.77. The first-order valence-electron chi connectivity index (χ1n) is 8.94. The summed E-state index contributed by atoms with van der Waals surface area (Å²) in [7, 11) is 0. The van der Waals surface area contributed by atoms with Gasteiger partial charge in [0.25, 0.3) is 0 Å². The number of hydrogen-bond donors (Lipinski definition) is 2. The summed E-state index contributed by atoms with van der Waals surface area (Å²) >= 11 is 0. The lowest BCUT2D eigenvalue weighted by atomic mass is 10.0. The molecule has 2 N–H and O–H groups in total. The highest BCUT2D eigenvalue weighted by Gasteiger charge is 2.12. The summed E-state index contributed by atoms with van der Waals surface area (Å²) in [5, 5.41) is 6.72. The quantitative estimate of drug-likeness (QED) is 0.277. The summed E-state index contributed by atoms with van der Waals surface area (Å²) in [5.41, 5.74) is 0. The molecule has 0 spiro atoms. The van der Waals surface area contributed by atoms with Gasteiger partial charge in [0.2, 0.25) is 0 Å². The molecule has 0 aliphatic rings. The Balaban J connectivity index is 0. The summed E-state index contributed by atoms with van der Waals surface area (Å²) in [6.07, 6.45) is 1.27. The molecule has 5 nitrogen and oxygen atoms in total. The molecule has 0 fully saturated rings. The van der Waals surface area contributed by atoms with Gasteiger partial charge in [-0.3, -0.25) is 4.99 Å². The molecule has 0 saturated carbocycles. The fourth-order valence-electron chi connectivity index (χ4n) is 2.34. The Kier molecular flexibility index (Phi) is 18.3. The van der Waals surface area contributed by atoms with Crippen molar-refractivity contribution in [3.8, 4) is 0 Å². The normalized spacial score (nSPS) is 13.1. The van der Waals surface area contributed by atoms with Gasteiger partial charge in [-0.05, 0) is 39.3 Å². The molecule has 0 aliphatic heterocycles. The van der Waals surface area contributed by atoms with Crippen molar-refractivity contribution in [3.05, 3.63) is 0 Å². The van der Waals surface area contributed by atoms with E-state index in [-0.39, 0.29) is 24.0 Å². The largest absolute Gasteiger partial charge is 0.378 e. The van der Waals surface area contributed by atoms with Gasteiger partial charge in [-0.1, -0.05) is 27.7 Å². The maximum absolute atomic E-state index is 5.77. The fraction of sp³-hybridized carbons (Fsp3) is 0.941. The molecule has 6 heteroatoms. The van der Waals surface area contributed by atoms with E-state index in [1.807, 2.05) is 0 Å². The molecule has 1 atom stereocenters. The van der Waals surface area contributed by atoms with Gasteiger partial charge in [0.15, 0.2) is 5.96 Å². The molecule has 0 radical (unpaired) electrons. The van der Waals surface area contributed by atoms with E-state index in [1.54, 1.807) is 0 Å².